The number of hydrogen-bond donors (Lipinski definition) is 1. The van der Waals surface area contributed by atoms with Crippen LogP contribution in [0.1, 0.15) is 11.3 Å². The number of nitrogens with one attached hydrogen (secondary N) is 1. The minimum Gasteiger partial charge on any atom is -0.450 e. The van der Waals surface area contributed by atoms with E-state index < -0.39 is 11.8 Å². The number of aryl methyl sites for hydroxylation is 1. The molecule has 0 radical (unpaired) electrons. The third-order valence-electron chi connectivity index (χ3n) is 4.88. The molecule has 2 aromatic carbocycles. The zero-order valence-electron chi connectivity index (χ0n) is 17.7. The molecule has 2 amide bonds. The standard InChI is InChI=1S/C23H16N6O3S2/c1-14-6-5-9-16(12-14)28-21(31)18(20(30)24-22(28)33)13-17-10-11-19(32-17)34-23-25-26-27-29(23)15-7-3-2-4-8-15/h2-13H,1H3,(H,24,30,33)/b18-13+. The van der Waals surface area contributed by atoms with Gasteiger partial charge < -0.3 is 4.42 Å². The van der Waals surface area contributed by atoms with E-state index in [2.05, 4.69) is 20.8 Å². The van der Waals surface area contributed by atoms with E-state index in [9.17, 15) is 9.59 Å². The van der Waals surface area contributed by atoms with Gasteiger partial charge in [-0.2, -0.15) is 4.68 Å². The van der Waals surface area contributed by atoms with Crippen LogP contribution in [0.15, 0.2) is 87.0 Å². The number of hydrogen-bond acceptors (Lipinski definition) is 8. The Morgan fingerprint density at radius 3 is 2.62 bits per heavy atom. The lowest BCUT2D eigenvalue weighted by molar-refractivity contribution is -0.122. The Balaban J connectivity index is 1.40. The molecule has 1 aliphatic heterocycles. The first-order valence-electron chi connectivity index (χ1n) is 10.1. The van der Waals surface area contributed by atoms with E-state index in [0.717, 1.165) is 11.3 Å². The van der Waals surface area contributed by atoms with Gasteiger partial charge in [0.1, 0.15) is 11.3 Å². The Kier molecular flexibility index (Phi) is 5.78. The van der Waals surface area contributed by atoms with Crippen molar-refractivity contribution in [3.8, 4) is 5.69 Å². The summed E-state index contributed by atoms with van der Waals surface area (Å²) < 4.78 is 7.42. The van der Waals surface area contributed by atoms with E-state index in [1.165, 1.54) is 22.7 Å². The second kappa shape index (κ2) is 9.04. The highest BCUT2D eigenvalue weighted by atomic mass is 32.2. The molecule has 9 nitrogen and oxygen atoms in total. The van der Waals surface area contributed by atoms with Gasteiger partial charge in [-0.25, -0.2) is 0 Å². The number of furan rings is 1. The van der Waals surface area contributed by atoms with Crippen LogP contribution < -0.4 is 10.2 Å². The van der Waals surface area contributed by atoms with Crippen LogP contribution in [0, 0.1) is 6.92 Å². The summed E-state index contributed by atoms with van der Waals surface area (Å²) in [5.74, 6) is -0.785. The van der Waals surface area contributed by atoms with Crippen LogP contribution >= 0.6 is 24.0 Å². The van der Waals surface area contributed by atoms with Crippen LogP contribution in [0.5, 0.6) is 0 Å². The van der Waals surface area contributed by atoms with Crippen molar-refractivity contribution in [2.45, 2.75) is 17.2 Å². The number of benzene rings is 2. The average molecular weight is 489 g/mol. The summed E-state index contributed by atoms with van der Waals surface area (Å²) in [6.07, 6.45) is 1.40. The van der Waals surface area contributed by atoms with Crippen LogP contribution in [0.25, 0.3) is 11.8 Å². The number of carbonyl (C=O) groups excluding carboxylic acids is 2. The highest BCUT2D eigenvalue weighted by Gasteiger charge is 2.34. The molecular weight excluding hydrogens is 472 g/mol. The third kappa shape index (κ3) is 4.26. The summed E-state index contributed by atoms with van der Waals surface area (Å²) in [4.78, 5) is 27.0. The molecule has 0 aliphatic carbocycles. The first-order valence-corrected chi connectivity index (χ1v) is 11.3. The zero-order valence-corrected chi connectivity index (χ0v) is 19.3. The van der Waals surface area contributed by atoms with E-state index in [-0.39, 0.29) is 10.7 Å². The molecule has 0 saturated carbocycles. The van der Waals surface area contributed by atoms with Gasteiger partial charge >= 0.3 is 0 Å². The van der Waals surface area contributed by atoms with Crippen molar-refractivity contribution in [3.63, 3.8) is 0 Å². The Hall–Kier alpha value is -4.09. The van der Waals surface area contributed by atoms with Crippen LogP contribution in [-0.2, 0) is 9.59 Å². The van der Waals surface area contributed by atoms with E-state index in [4.69, 9.17) is 16.6 Å². The van der Waals surface area contributed by atoms with Crippen LogP contribution in [0.3, 0.4) is 0 Å². The maximum Gasteiger partial charge on any atom is 0.270 e. The fourth-order valence-corrected chi connectivity index (χ4v) is 4.37. The molecule has 0 spiro atoms. The minimum atomic E-state index is -0.586. The number of para-hydroxylation sites is 1. The Labute approximate surface area is 203 Å². The van der Waals surface area contributed by atoms with Gasteiger partial charge in [0.25, 0.3) is 11.8 Å². The monoisotopic (exact) mass is 488 g/mol. The van der Waals surface area contributed by atoms with Crippen LogP contribution in [0.4, 0.5) is 5.69 Å². The molecule has 5 rings (SSSR count). The second-order valence-corrected chi connectivity index (χ2v) is 8.62. The Bertz CT molecular complexity index is 1440. The number of thiocarbonyl (C=S) groups is 1. The number of aromatic nitrogens is 4. The SMILES string of the molecule is Cc1cccc(N2C(=O)/C(=C/c3ccc(Sc4nnnn4-c4ccccc4)o3)C(=O)NC2=S)c1. The van der Waals surface area contributed by atoms with Gasteiger partial charge in [0.15, 0.2) is 10.2 Å². The lowest BCUT2D eigenvalue weighted by Gasteiger charge is -2.28. The molecule has 0 atom stereocenters. The maximum atomic E-state index is 13.2. The number of nitrogens with zero attached hydrogens (tertiary/aromatic N) is 5. The molecular formula is C23H16N6O3S2. The summed E-state index contributed by atoms with van der Waals surface area (Å²) in [5.41, 5.74) is 2.25. The van der Waals surface area contributed by atoms with Crippen molar-refractivity contribution in [3.05, 3.63) is 83.6 Å². The summed E-state index contributed by atoms with van der Waals surface area (Å²) in [5, 5.41) is 15.4. The van der Waals surface area contributed by atoms with Crippen LogP contribution in [-0.4, -0.2) is 37.1 Å². The van der Waals surface area contributed by atoms with Crippen molar-refractivity contribution in [1.82, 2.24) is 25.5 Å². The van der Waals surface area contributed by atoms with Crippen molar-refractivity contribution < 1.29 is 14.0 Å². The fraction of sp³-hybridized carbons (Fsp3) is 0.0435. The van der Waals surface area contributed by atoms with Gasteiger partial charge in [-0.15, -0.1) is 5.10 Å². The minimum absolute atomic E-state index is 0.0289. The zero-order chi connectivity index (χ0) is 23.7. The smallest absolute Gasteiger partial charge is 0.270 e. The molecule has 34 heavy (non-hydrogen) atoms. The van der Waals surface area contributed by atoms with E-state index in [1.54, 1.807) is 22.9 Å². The largest absolute Gasteiger partial charge is 0.450 e. The van der Waals surface area contributed by atoms with E-state index in [0.29, 0.717) is 21.7 Å². The summed E-state index contributed by atoms with van der Waals surface area (Å²) >= 11 is 6.46. The molecule has 0 bridgehead atoms. The second-order valence-electron chi connectivity index (χ2n) is 7.26. The molecule has 1 N–H and O–H groups in total. The molecule has 1 saturated heterocycles. The lowest BCUT2D eigenvalue weighted by atomic mass is 10.1. The van der Waals surface area contributed by atoms with Crippen molar-refractivity contribution >= 4 is 52.7 Å². The Morgan fingerprint density at radius 2 is 1.82 bits per heavy atom. The Morgan fingerprint density at radius 1 is 1.03 bits per heavy atom. The molecule has 11 heteroatoms. The van der Waals surface area contributed by atoms with Gasteiger partial charge in [-0.3, -0.25) is 19.8 Å². The molecule has 4 aromatic rings. The maximum absolute atomic E-state index is 13.2. The fourth-order valence-electron chi connectivity index (χ4n) is 3.33. The average Bonchev–Trinajstić information content (AvgIpc) is 3.47. The number of anilines is 1. The van der Waals surface area contributed by atoms with E-state index >= 15 is 0 Å². The van der Waals surface area contributed by atoms with E-state index in [1.807, 2.05) is 55.5 Å². The number of amides is 2. The number of carbonyl (C=O) groups is 2. The number of tetrazole rings is 1. The van der Waals surface area contributed by atoms with Crippen LogP contribution in [0.2, 0.25) is 0 Å². The predicted molar refractivity (Wildman–Crippen MR) is 129 cm³/mol. The summed E-state index contributed by atoms with van der Waals surface area (Å²) in [6, 6.07) is 20.1. The normalized spacial score (nSPS) is 15.1. The van der Waals surface area contributed by atoms with Crippen molar-refractivity contribution in [1.29, 1.82) is 0 Å². The molecule has 2 aromatic heterocycles. The topological polar surface area (TPSA) is 106 Å². The molecule has 0 unspecified atom stereocenters. The first-order chi connectivity index (χ1) is 16.5. The highest BCUT2D eigenvalue weighted by Crippen LogP contribution is 2.30. The van der Waals surface area contributed by atoms with Gasteiger partial charge in [-0.05, 0) is 89.4 Å². The molecule has 3 heterocycles. The molecule has 1 aliphatic rings. The van der Waals surface area contributed by atoms with Gasteiger partial charge in [0.05, 0.1) is 11.4 Å². The first kappa shape index (κ1) is 21.7. The van der Waals surface area contributed by atoms with Gasteiger partial charge in [-0.1, -0.05) is 30.3 Å². The highest BCUT2D eigenvalue weighted by molar-refractivity contribution is 7.99. The molecule has 1 fully saturated rings. The summed E-state index contributed by atoms with van der Waals surface area (Å²) in [7, 11) is 0. The number of rotatable bonds is 5. The lowest BCUT2D eigenvalue weighted by Crippen LogP contribution is -2.54. The molecule has 168 valence electrons. The summed E-state index contributed by atoms with van der Waals surface area (Å²) in [6.45, 7) is 1.91. The quantitative estimate of drug-likeness (QED) is 0.258. The van der Waals surface area contributed by atoms with Crippen molar-refractivity contribution in [2.24, 2.45) is 0 Å². The third-order valence-corrected chi connectivity index (χ3v) is 6.03. The predicted octanol–water partition coefficient (Wildman–Crippen LogP) is 3.55. The van der Waals surface area contributed by atoms with Gasteiger partial charge in [0, 0.05) is 0 Å². The van der Waals surface area contributed by atoms with Gasteiger partial charge in [0.2, 0.25) is 5.16 Å². The van der Waals surface area contributed by atoms with Crippen molar-refractivity contribution in [2.75, 3.05) is 4.90 Å².